The lowest BCUT2D eigenvalue weighted by molar-refractivity contribution is -0.126. The van der Waals surface area contributed by atoms with E-state index in [4.69, 9.17) is 4.74 Å². The van der Waals surface area contributed by atoms with Crippen molar-refractivity contribution < 1.29 is 22.3 Å². The van der Waals surface area contributed by atoms with Crippen molar-refractivity contribution >= 4 is 21.8 Å². The number of rotatable bonds is 4. The number of ether oxygens (including phenoxy) is 1. The minimum absolute atomic E-state index is 0.0108. The van der Waals surface area contributed by atoms with Crippen molar-refractivity contribution in [3.63, 3.8) is 0 Å². The van der Waals surface area contributed by atoms with Crippen LogP contribution in [0.5, 0.6) is 0 Å². The van der Waals surface area contributed by atoms with Crippen molar-refractivity contribution in [3.05, 3.63) is 65.5 Å². The van der Waals surface area contributed by atoms with Crippen LogP contribution in [0.1, 0.15) is 36.8 Å². The largest absolute Gasteiger partial charge is 0.381 e. The summed E-state index contributed by atoms with van der Waals surface area (Å²) >= 11 is 0. The molecule has 2 fully saturated rings. The Bertz CT molecular complexity index is 1220. The van der Waals surface area contributed by atoms with Crippen LogP contribution in [-0.4, -0.2) is 57.9 Å². The predicted molar refractivity (Wildman–Crippen MR) is 126 cm³/mol. The molecule has 0 bridgehead atoms. The van der Waals surface area contributed by atoms with E-state index in [-0.39, 0.29) is 28.0 Å². The van der Waals surface area contributed by atoms with Gasteiger partial charge in [0, 0.05) is 49.7 Å². The Morgan fingerprint density at radius 1 is 1.12 bits per heavy atom. The van der Waals surface area contributed by atoms with Gasteiger partial charge in [-0.3, -0.25) is 4.79 Å². The van der Waals surface area contributed by atoms with Crippen LogP contribution < -0.4 is 5.32 Å². The van der Waals surface area contributed by atoms with Gasteiger partial charge in [0.05, 0.1) is 0 Å². The van der Waals surface area contributed by atoms with E-state index in [2.05, 4.69) is 9.71 Å². The molecule has 2 saturated heterocycles. The van der Waals surface area contributed by atoms with Gasteiger partial charge in [-0.25, -0.2) is 4.39 Å². The third-order valence-corrected chi connectivity index (χ3v) is 8.59. The molecule has 3 aliphatic rings. The molecule has 2 aromatic rings. The summed E-state index contributed by atoms with van der Waals surface area (Å²) in [5.74, 6) is 0.0278. The van der Waals surface area contributed by atoms with Gasteiger partial charge in [-0.2, -0.15) is 8.42 Å². The molecule has 5 rings (SSSR count). The zero-order chi connectivity index (χ0) is 23.8. The summed E-state index contributed by atoms with van der Waals surface area (Å²) in [7, 11) is -3.66. The van der Waals surface area contributed by atoms with Crippen LogP contribution in [0.2, 0.25) is 0 Å². The van der Waals surface area contributed by atoms with E-state index in [0.717, 1.165) is 18.4 Å². The maximum Gasteiger partial charge on any atom is 0.285 e. The Morgan fingerprint density at radius 3 is 2.59 bits per heavy atom. The van der Waals surface area contributed by atoms with Crippen LogP contribution in [0.25, 0.3) is 0 Å². The molecule has 0 radical (unpaired) electrons. The Morgan fingerprint density at radius 2 is 1.85 bits per heavy atom. The number of hydrogen-bond donors (Lipinski definition) is 1. The fraction of sp³-hybridized carbons (Fsp3) is 0.440. The molecule has 0 aliphatic carbocycles. The number of benzene rings is 2. The number of piperidine rings is 1. The van der Waals surface area contributed by atoms with Gasteiger partial charge in [0.1, 0.15) is 10.7 Å². The number of halogens is 1. The number of likely N-dealkylation sites (tertiary alicyclic amines) is 1. The third kappa shape index (κ3) is 4.34. The summed E-state index contributed by atoms with van der Waals surface area (Å²) in [5.41, 5.74) is 1.18. The first-order valence-electron chi connectivity index (χ1n) is 11.7. The molecular weight excluding hydrogens is 457 g/mol. The zero-order valence-electron chi connectivity index (χ0n) is 18.9. The number of carbonyl (C=O) groups excluding carboxylic acids is 1. The number of sulfonamides is 1. The number of amides is 1. The summed E-state index contributed by atoms with van der Waals surface area (Å²) in [5, 5.41) is 3.13. The molecule has 0 unspecified atom stereocenters. The number of fused-ring (bicyclic) bond motifs is 1. The number of nitrogens with zero attached hydrogens (tertiary/aromatic N) is 2. The minimum Gasteiger partial charge on any atom is -0.381 e. The highest BCUT2D eigenvalue weighted by Crippen LogP contribution is 2.35. The van der Waals surface area contributed by atoms with E-state index in [1.165, 1.54) is 6.07 Å². The van der Waals surface area contributed by atoms with Gasteiger partial charge in [-0.05, 0) is 55.5 Å². The van der Waals surface area contributed by atoms with Crippen LogP contribution in [-0.2, 0) is 25.0 Å². The first-order chi connectivity index (χ1) is 16.4. The number of hydrogen-bond acceptors (Lipinski definition) is 5. The molecule has 0 atom stereocenters. The van der Waals surface area contributed by atoms with Gasteiger partial charge in [-0.15, -0.1) is 4.40 Å². The van der Waals surface area contributed by atoms with E-state index in [1.54, 1.807) is 36.4 Å². The second-order valence-corrected chi connectivity index (χ2v) is 10.8. The molecule has 2 aromatic carbocycles. The van der Waals surface area contributed by atoms with E-state index < -0.39 is 10.0 Å². The van der Waals surface area contributed by atoms with Crippen LogP contribution in [0.3, 0.4) is 0 Å². The quantitative estimate of drug-likeness (QED) is 0.720. The molecule has 0 spiro atoms. The second kappa shape index (κ2) is 9.11. The maximum absolute atomic E-state index is 13.9. The molecule has 180 valence electrons. The highest BCUT2D eigenvalue weighted by Gasteiger charge is 2.37. The summed E-state index contributed by atoms with van der Waals surface area (Å²) in [6.45, 7) is 2.72. The zero-order valence-corrected chi connectivity index (χ0v) is 19.7. The average Bonchev–Trinajstić information content (AvgIpc) is 3.14. The Kier molecular flexibility index (Phi) is 6.16. The molecular formula is C25H28FN3O4S. The fourth-order valence-electron chi connectivity index (χ4n) is 5.22. The standard InChI is InChI=1S/C25H28FN3O4S/c26-20-5-3-4-19(16-20)25(10-14-33-15-11-25)17-27-24(30)18-8-12-29(13-9-18)23-21-6-1-2-7-22(21)34(31,32)28-23/h1-7,16,18H,8-15,17H2,(H,27,30). The summed E-state index contributed by atoms with van der Waals surface area (Å²) in [6.07, 6.45) is 2.68. The summed E-state index contributed by atoms with van der Waals surface area (Å²) in [4.78, 5) is 15.2. The molecule has 9 heteroatoms. The topological polar surface area (TPSA) is 88.1 Å². The van der Waals surface area contributed by atoms with Gasteiger partial charge in [-0.1, -0.05) is 24.3 Å². The molecule has 1 N–H and O–H groups in total. The monoisotopic (exact) mass is 485 g/mol. The van der Waals surface area contributed by atoms with Gasteiger partial charge in [0.2, 0.25) is 5.91 Å². The van der Waals surface area contributed by atoms with Gasteiger partial charge < -0.3 is 15.0 Å². The molecule has 3 heterocycles. The van der Waals surface area contributed by atoms with E-state index >= 15 is 0 Å². The molecule has 7 nitrogen and oxygen atoms in total. The van der Waals surface area contributed by atoms with Crippen molar-refractivity contribution in [2.75, 3.05) is 32.8 Å². The Balaban J connectivity index is 1.23. The normalized spacial score (nSPS) is 21.6. The molecule has 1 amide bonds. The van der Waals surface area contributed by atoms with Crippen molar-refractivity contribution in [1.82, 2.24) is 10.2 Å². The van der Waals surface area contributed by atoms with Crippen LogP contribution in [0.4, 0.5) is 4.39 Å². The van der Waals surface area contributed by atoms with Crippen LogP contribution >= 0.6 is 0 Å². The second-order valence-electron chi connectivity index (χ2n) is 9.27. The van der Waals surface area contributed by atoms with Crippen molar-refractivity contribution in [1.29, 1.82) is 0 Å². The Labute approximate surface area is 199 Å². The fourth-order valence-corrected chi connectivity index (χ4v) is 6.45. The average molecular weight is 486 g/mol. The van der Waals surface area contributed by atoms with E-state index in [1.807, 2.05) is 11.0 Å². The highest BCUT2D eigenvalue weighted by atomic mass is 32.2. The highest BCUT2D eigenvalue weighted by molar-refractivity contribution is 7.90. The van der Waals surface area contributed by atoms with Crippen LogP contribution in [0.15, 0.2) is 57.8 Å². The van der Waals surface area contributed by atoms with Crippen molar-refractivity contribution in [2.45, 2.75) is 36.0 Å². The smallest absolute Gasteiger partial charge is 0.285 e. The SMILES string of the molecule is O=C(NCC1(c2cccc(F)c2)CCOCC1)C1CCN(C2=NS(=O)(=O)c3ccccc32)CC1. The molecule has 0 saturated carbocycles. The lowest BCUT2D eigenvalue weighted by Crippen LogP contribution is -2.48. The molecule has 34 heavy (non-hydrogen) atoms. The first kappa shape index (κ1) is 23.0. The number of amidine groups is 1. The van der Waals surface area contributed by atoms with E-state index in [0.29, 0.717) is 57.1 Å². The third-order valence-electron chi connectivity index (χ3n) is 7.27. The maximum atomic E-state index is 13.9. The Hall–Kier alpha value is -2.78. The van der Waals surface area contributed by atoms with Gasteiger partial charge in [0.25, 0.3) is 10.0 Å². The molecule has 0 aromatic heterocycles. The predicted octanol–water partition coefficient (Wildman–Crippen LogP) is 2.85. The van der Waals surface area contributed by atoms with Gasteiger partial charge >= 0.3 is 0 Å². The molecule has 3 aliphatic heterocycles. The lowest BCUT2D eigenvalue weighted by atomic mass is 9.74. The number of nitrogens with one attached hydrogen (secondary N) is 1. The van der Waals surface area contributed by atoms with Crippen molar-refractivity contribution in [2.24, 2.45) is 10.3 Å². The summed E-state index contributed by atoms with van der Waals surface area (Å²) < 4.78 is 48.2. The summed E-state index contributed by atoms with van der Waals surface area (Å²) in [6, 6.07) is 13.5. The lowest BCUT2D eigenvalue weighted by Gasteiger charge is -2.39. The first-order valence-corrected chi connectivity index (χ1v) is 13.1. The number of carbonyl (C=O) groups is 1. The van der Waals surface area contributed by atoms with Gasteiger partial charge in [0.15, 0.2) is 5.84 Å². The van der Waals surface area contributed by atoms with Crippen molar-refractivity contribution in [3.8, 4) is 0 Å². The minimum atomic E-state index is -3.66. The van der Waals surface area contributed by atoms with Crippen LogP contribution in [0, 0.1) is 11.7 Å². The van der Waals surface area contributed by atoms with E-state index in [9.17, 15) is 17.6 Å².